The van der Waals surface area contributed by atoms with Gasteiger partial charge >= 0.3 is 0 Å². The molecule has 21 heavy (non-hydrogen) atoms. The number of rotatable bonds is 5. The quantitative estimate of drug-likeness (QED) is 0.884. The van der Waals surface area contributed by atoms with Crippen molar-refractivity contribution in [1.82, 2.24) is 4.90 Å². The maximum atomic E-state index is 12.5. The summed E-state index contributed by atoms with van der Waals surface area (Å²) in [7, 11) is 0. The molecule has 1 heterocycles. The number of benzene rings is 1. The zero-order valence-electron chi connectivity index (χ0n) is 13.1. The lowest BCUT2D eigenvalue weighted by Crippen LogP contribution is -3.12. The fourth-order valence-electron chi connectivity index (χ4n) is 3.23. The number of likely N-dealkylation sites (tertiary alicyclic amines) is 1. The predicted octanol–water partition coefficient (Wildman–Crippen LogP) is 2.00. The van der Waals surface area contributed by atoms with Crippen LogP contribution in [0.1, 0.15) is 32.3 Å². The maximum absolute atomic E-state index is 12.5. The molecular weight excluding hydrogens is 284 g/mol. The Hall–Kier alpha value is -1.06. The lowest BCUT2D eigenvalue weighted by atomic mass is 9.96. The summed E-state index contributed by atoms with van der Waals surface area (Å²) in [6.45, 7) is 8.71. The van der Waals surface area contributed by atoms with Crippen LogP contribution in [-0.4, -0.2) is 37.0 Å². The molecule has 0 radical (unpaired) electrons. The third-order valence-electron chi connectivity index (χ3n) is 4.44. The lowest BCUT2D eigenvalue weighted by molar-refractivity contribution is -0.921. The number of nitrogens with one attached hydrogen (secondary N) is 1. The van der Waals surface area contributed by atoms with Crippen LogP contribution in [0.2, 0.25) is 5.02 Å². The fraction of sp³-hybridized carbons (Fsp3) is 0.588. The highest BCUT2D eigenvalue weighted by Gasteiger charge is 2.31. The number of hydrogen-bond acceptors (Lipinski definition) is 1. The molecule has 1 aliphatic heterocycles. The minimum Gasteiger partial charge on any atom is -0.343 e. The number of amides is 1. The van der Waals surface area contributed by atoms with Crippen molar-refractivity contribution in [2.75, 3.05) is 26.2 Å². The van der Waals surface area contributed by atoms with Crippen molar-refractivity contribution in [2.45, 2.75) is 33.2 Å². The van der Waals surface area contributed by atoms with Crippen molar-refractivity contribution >= 4 is 17.5 Å². The highest BCUT2D eigenvalue weighted by atomic mass is 35.5. The van der Waals surface area contributed by atoms with Gasteiger partial charge in [0, 0.05) is 23.7 Å². The largest absolute Gasteiger partial charge is 0.343 e. The van der Waals surface area contributed by atoms with Crippen LogP contribution >= 0.6 is 11.6 Å². The molecule has 0 aliphatic carbocycles. The van der Waals surface area contributed by atoms with Crippen molar-refractivity contribution in [3.63, 3.8) is 0 Å². The Kier molecular flexibility index (Phi) is 6.07. The van der Waals surface area contributed by atoms with E-state index in [9.17, 15) is 4.79 Å². The van der Waals surface area contributed by atoms with Crippen LogP contribution in [0.4, 0.5) is 0 Å². The standard InChI is InChI=1S/C17H25ClN2O/c1-3-20(4-2)17(21)15-9-7-11-19(13-15)12-14-8-5-6-10-16(14)18/h5-6,8,10,15H,3-4,7,9,11-13H2,1-2H3/p+1/t15-/m1/s1. The summed E-state index contributed by atoms with van der Waals surface area (Å²) in [5.74, 6) is 0.507. The summed E-state index contributed by atoms with van der Waals surface area (Å²) in [4.78, 5) is 15.9. The normalized spacial score (nSPS) is 22.0. The van der Waals surface area contributed by atoms with Crippen LogP contribution in [0.5, 0.6) is 0 Å². The Morgan fingerprint density at radius 3 is 2.71 bits per heavy atom. The highest BCUT2D eigenvalue weighted by molar-refractivity contribution is 6.31. The maximum Gasteiger partial charge on any atom is 0.231 e. The molecule has 4 heteroatoms. The molecule has 1 aromatic carbocycles. The molecule has 0 spiro atoms. The van der Waals surface area contributed by atoms with Gasteiger partial charge < -0.3 is 9.80 Å². The van der Waals surface area contributed by atoms with Gasteiger partial charge in [-0.05, 0) is 32.8 Å². The first kappa shape index (κ1) is 16.3. The van der Waals surface area contributed by atoms with Gasteiger partial charge in [0.2, 0.25) is 5.91 Å². The van der Waals surface area contributed by atoms with E-state index in [1.807, 2.05) is 23.1 Å². The Labute approximate surface area is 132 Å². The smallest absolute Gasteiger partial charge is 0.231 e. The number of halogens is 1. The predicted molar refractivity (Wildman–Crippen MR) is 86.5 cm³/mol. The molecule has 2 rings (SSSR count). The molecule has 1 unspecified atom stereocenters. The highest BCUT2D eigenvalue weighted by Crippen LogP contribution is 2.15. The average molecular weight is 310 g/mol. The molecule has 1 fully saturated rings. The second-order valence-corrected chi connectivity index (χ2v) is 6.23. The fourth-order valence-corrected chi connectivity index (χ4v) is 3.43. The zero-order chi connectivity index (χ0) is 15.2. The van der Waals surface area contributed by atoms with E-state index in [0.29, 0.717) is 5.91 Å². The van der Waals surface area contributed by atoms with Crippen molar-refractivity contribution in [2.24, 2.45) is 5.92 Å². The Balaban J connectivity index is 1.98. The first-order valence-corrected chi connectivity index (χ1v) is 8.39. The molecule has 1 amide bonds. The molecule has 0 bridgehead atoms. The summed E-state index contributed by atoms with van der Waals surface area (Å²) >= 11 is 6.25. The molecule has 0 saturated carbocycles. The molecule has 1 aromatic rings. The van der Waals surface area contributed by atoms with E-state index in [1.165, 1.54) is 10.5 Å². The number of hydrogen-bond donors (Lipinski definition) is 1. The van der Waals surface area contributed by atoms with Crippen molar-refractivity contribution in [3.05, 3.63) is 34.9 Å². The molecule has 1 N–H and O–H groups in total. The summed E-state index contributed by atoms with van der Waals surface area (Å²) in [6.07, 6.45) is 2.15. The van der Waals surface area contributed by atoms with Crippen molar-refractivity contribution < 1.29 is 9.69 Å². The van der Waals surface area contributed by atoms with Gasteiger partial charge in [0.05, 0.1) is 19.0 Å². The first-order valence-electron chi connectivity index (χ1n) is 8.01. The van der Waals surface area contributed by atoms with Gasteiger partial charge in [0.1, 0.15) is 6.54 Å². The van der Waals surface area contributed by atoms with Crippen molar-refractivity contribution in [1.29, 1.82) is 0 Å². The summed E-state index contributed by atoms with van der Waals surface area (Å²) in [5.41, 5.74) is 1.19. The number of piperidine rings is 1. The Morgan fingerprint density at radius 2 is 2.05 bits per heavy atom. The summed E-state index contributed by atoms with van der Waals surface area (Å²) < 4.78 is 0. The van der Waals surface area contributed by atoms with Crippen LogP contribution in [0.3, 0.4) is 0 Å². The Bertz CT molecular complexity index is 474. The van der Waals surface area contributed by atoms with Crippen LogP contribution in [0, 0.1) is 5.92 Å². The monoisotopic (exact) mass is 309 g/mol. The van der Waals surface area contributed by atoms with Gasteiger partial charge in [-0.25, -0.2) is 0 Å². The van der Waals surface area contributed by atoms with E-state index in [-0.39, 0.29) is 5.92 Å². The molecule has 1 aliphatic rings. The number of nitrogens with zero attached hydrogens (tertiary/aromatic N) is 1. The van der Waals surface area contributed by atoms with Crippen LogP contribution < -0.4 is 4.90 Å². The minimum atomic E-state index is 0.177. The first-order chi connectivity index (χ1) is 10.2. The molecule has 3 nitrogen and oxygen atoms in total. The van der Waals surface area contributed by atoms with E-state index < -0.39 is 0 Å². The van der Waals surface area contributed by atoms with Crippen LogP contribution in [0.25, 0.3) is 0 Å². The van der Waals surface area contributed by atoms with E-state index >= 15 is 0 Å². The van der Waals surface area contributed by atoms with Gasteiger partial charge in [-0.1, -0.05) is 29.8 Å². The number of quaternary nitrogens is 1. The van der Waals surface area contributed by atoms with Gasteiger partial charge in [-0.2, -0.15) is 0 Å². The summed E-state index contributed by atoms with van der Waals surface area (Å²) in [5, 5.41) is 0.835. The molecular formula is C17H26ClN2O+. The molecule has 0 aromatic heterocycles. The van der Waals surface area contributed by atoms with E-state index in [4.69, 9.17) is 11.6 Å². The van der Waals surface area contributed by atoms with E-state index in [2.05, 4.69) is 19.9 Å². The third-order valence-corrected chi connectivity index (χ3v) is 4.81. The average Bonchev–Trinajstić information content (AvgIpc) is 2.51. The number of carbonyl (C=O) groups is 1. The zero-order valence-corrected chi connectivity index (χ0v) is 13.8. The van der Waals surface area contributed by atoms with Crippen molar-refractivity contribution in [3.8, 4) is 0 Å². The van der Waals surface area contributed by atoms with Crippen LogP contribution in [0.15, 0.2) is 24.3 Å². The molecule has 116 valence electrons. The number of carbonyl (C=O) groups excluding carboxylic acids is 1. The van der Waals surface area contributed by atoms with E-state index in [0.717, 1.165) is 50.6 Å². The van der Waals surface area contributed by atoms with E-state index in [1.54, 1.807) is 0 Å². The molecule has 2 atom stereocenters. The van der Waals surface area contributed by atoms with Gasteiger partial charge in [0.15, 0.2) is 0 Å². The summed E-state index contributed by atoms with van der Waals surface area (Å²) in [6, 6.07) is 8.02. The second kappa shape index (κ2) is 7.81. The SMILES string of the molecule is CCN(CC)C(=O)[C@@H]1CCC[NH+](Cc2ccccc2Cl)C1. The topological polar surface area (TPSA) is 24.8 Å². The lowest BCUT2D eigenvalue weighted by Gasteiger charge is -2.32. The van der Waals surface area contributed by atoms with Gasteiger partial charge in [-0.3, -0.25) is 4.79 Å². The Morgan fingerprint density at radius 1 is 1.33 bits per heavy atom. The van der Waals surface area contributed by atoms with Gasteiger partial charge in [0.25, 0.3) is 0 Å². The van der Waals surface area contributed by atoms with Crippen LogP contribution in [-0.2, 0) is 11.3 Å². The molecule has 1 saturated heterocycles. The minimum absolute atomic E-state index is 0.177. The third kappa shape index (κ3) is 4.21. The second-order valence-electron chi connectivity index (χ2n) is 5.82. The van der Waals surface area contributed by atoms with Gasteiger partial charge in [-0.15, -0.1) is 0 Å².